The molecule has 1 aromatic carbocycles. The number of carbonyl (C=O) groups excluding carboxylic acids is 1. The van der Waals surface area contributed by atoms with Crippen LogP contribution in [0.1, 0.15) is 42.3 Å². The Bertz CT molecular complexity index is 659. The molecule has 1 aliphatic rings. The van der Waals surface area contributed by atoms with Gasteiger partial charge in [-0.15, -0.1) is 11.3 Å². The summed E-state index contributed by atoms with van der Waals surface area (Å²) in [5.41, 5.74) is 1.20. The van der Waals surface area contributed by atoms with E-state index in [0.29, 0.717) is 6.54 Å². The van der Waals surface area contributed by atoms with Gasteiger partial charge in [0, 0.05) is 15.9 Å². The second-order valence-electron chi connectivity index (χ2n) is 5.99. The maximum absolute atomic E-state index is 12.4. The Morgan fingerprint density at radius 3 is 3.04 bits per heavy atom. The number of rotatable bonds is 5. The molecule has 1 saturated heterocycles. The van der Waals surface area contributed by atoms with E-state index in [4.69, 9.17) is 11.6 Å². The van der Waals surface area contributed by atoms with Gasteiger partial charge < -0.3 is 5.32 Å². The summed E-state index contributed by atoms with van der Waals surface area (Å²) in [6.07, 6.45) is 2.19. The lowest BCUT2D eigenvalue weighted by Crippen LogP contribution is -2.37. The van der Waals surface area contributed by atoms with E-state index in [1.165, 1.54) is 10.4 Å². The Hall–Kier alpha value is -1.36. The largest absolute Gasteiger partial charge is 0.348 e. The molecule has 3 rings (SSSR count). The number of hydrogen-bond donors (Lipinski definition) is 1. The highest BCUT2D eigenvalue weighted by atomic mass is 35.5. The maximum atomic E-state index is 12.4. The van der Waals surface area contributed by atoms with E-state index in [9.17, 15) is 4.79 Å². The van der Waals surface area contributed by atoms with Crippen LogP contribution >= 0.6 is 22.9 Å². The molecule has 0 spiro atoms. The quantitative estimate of drug-likeness (QED) is 0.867. The van der Waals surface area contributed by atoms with E-state index >= 15 is 0 Å². The molecule has 23 heavy (non-hydrogen) atoms. The Morgan fingerprint density at radius 1 is 1.43 bits per heavy atom. The maximum Gasteiger partial charge on any atom is 0.234 e. The molecule has 3 nitrogen and oxygen atoms in total. The molecule has 1 fully saturated rings. The van der Waals surface area contributed by atoms with Crippen molar-refractivity contribution in [1.82, 2.24) is 10.2 Å². The highest BCUT2D eigenvalue weighted by molar-refractivity contribution is 7.10. The van der Waals surface area contributed by atoms with Gasteiger partial charge in [0.05, 0.1) is 12.6 Å². The van der Waals surface area contributed by atoms with Gasteiger partial charge in [0.2, 0.25) is 5.91 Å². The minimum absolute atomic E-state index is 0.0646. The minimum atomic E-state index is 0.0646. The molecule has 0 aliphatic carbocycles. The monoisotopic (exact) mass is 348 g/mol. The second kappa shape index (κ2) is 7.47. The minimum Gasteiger partial charge on any atom is -0.348 e. The summed E-state index contributed by atoms with van der Waals surface area (Å²) < 4.78 is 0. The van der Waals surface area contributed by atoms with Gasteiger partial charge in [0.1, 0.15) is 0 Å². The molecule has 122 valence electrons. The summed E-state index contributed by atoms with van der Waals surface area (Å²) >= 11 is 7.78. The summed E-state index contributed by atoms with van der Waals surface area (Å²) in [4.78, 5) is 15.8. The predicted octanol–water partition coefficient (Wildman–Crippen LogP) is 4.42. The van der Waals surface area contributed by atoms with Crippen molar-refractivity contribution in [2.45, 2.75) is 31.8 Å². The Labute approximate surface area is 146 Å². The van der Waals surface area contributed by atoms with Gasteiger partial charge >= 0.3 is 0 Å². The summed E-state index contributed by atoms with van der Waals surface area (Å²) in [5.74, 6) is 0.0832. The molecular formula is C18H21ClN2OS. The number of likely N-dealkylation sites (tertiary alicyclic amines) is 1. The number of amides is 1. The molecule has 1 aliphatic heterocycles. The van der Waals surface area contributed by atoms with E-state index in [-0.39, 0.29) is 18.0 Å². The van der Waals surface area contributed by atoms with Crippen LogP contribution in [-0.2, 0) is 4.79 Å². The zero-order valence-corrected chi connectivity index (χ0v) is 14.7. The molecule has 5 heteroatoms. The van der Waals surface area contributed by atoms with Crippen LogP contribution in [0.2, 0.25) is 5.02 Å². The van der Waals surface area contributed by atoms with Crippen molar-refractivity contribution >= 4 is 28.8 Å². The van der Waals surface area contributed by atoms with Gasteiger partial charge in [0.25, 0.3) is 0 Å². The van der Waals surface area contributed by atoms with E-state index in [2.05, 4.69) is 22.3 Å². The zero-order chi connectivity index (χ0) is 16.2. The first-order chi connectivity index (χ1) is 11.1. The first-order valence-corrected chi connectivity index (χ1v) is 9.21. The van der Waals surface area contributed by atoms with Crippen LogP contribution in [0.3, 0.4) is 0 Å². The molecule has 1 aromatic heterocycles. The summed E-state index contributed by atoms with van der Waals surface area (Å²) in [7, 11) is 0. The van der Waals surface area contributed by atoms with E-state index in [1.807, 2.05) is 36.6 Å². The van der Waals surface area contributed by atoms with Gasteiger partial charge in [0.15, 0.2) is 0 Å². The Morgan fingerprint density at radius 2 is 2.30 bits per heavy atom. The molecular weight excluding hydrogens is 328 g/mol. The summed E-state index contributed by atoms with van der Waals surface area (Å²) in [5, 5.41) is 5.89. The normalized spacial score (nSPS) is 19.7. The van der Waals surface area contributed by atoms with Crippen LogP contribution in [0.25, 0.3) is 0 Å². The number of halogens is 1. The van der Waals surface area contributed by atoms with Crippen LogP contribution in [-0.4, -0.2) is 23.9 Å². The molecule has 2 atom stereocenters. The van der Waals surface area contributed by atoms with E-state index in [1.54, 1.807) is 11.3 Å². The van der Waals surface area contributed by atoms with Crippen molar-refractivity contribution in [3.05, 3.63) is 57.2 Å². The number of carbonyl (C=O) groups is 1. The molecule has 0 saturated carbocycles. The third-order valence-electron chi connectivity index (χ3n) is 4.29. The lowest BCUT2D eigenvalue weighted by atomic mass is 10.0. The van der Waals surface area contributed by atoms with Crippen molar-refractivity contribution in [2.24, 2.45) is 0 Å². The van der Waals surface area contributed by atoms with Gasteiger partial charge in [-0.25, -0.2) is 0 Å². The second-order valence-corrected chi connectivity index (χ2v) is 7.40. The van der Waals surface area contributed by atoms with Crippen LogP contribution in [0.15, 0.2) is 41.8 Å². The number of hydrogen-bond acceptors (Lipinski definition) is 3. The summed E-state index contributed by atoms with van der Waals surface area (Å²) in [6, 6.07) is 12.4. The standard InChI is InChI=1S/C18H21ClN2OS/c1-13(17-8-4-10-23-17)20-18(22)12-21-9-3-7-16(21)14-5-2-6-15(19)11-14/h2,4-6,8,10-11,13,16H,3,7,9,12H2,1H3,(H,20,22). The number of nitrogens with zero attached hydrogens (tertiary/aromatic N) is 1. The molecule has 2 heterocycles. The molecule has 1 amide bonds. The van der Waals surface area contributed by atoms with Gasteiger partial charge in [-0.2, -0.15) is 0 Å². The van der Waals surface area contributed by atoms with Crippen LogP contribution < -0.4 is 5.32 Å². The van der Waals surface area contributed by atoms with Gasteiger partial charge in [-0.05, 0) is 55.5 Å². The topological polar surface area (TPSA) is 32.3 Å². The summed E-state index contributed by atoms with van der Waals surface area (Å²) in [6.45, 7) is 3.42. The Balaban J connectivity index is 1.61. The molecule has 0 bridgehead atoms. The van der Waals surface area contributed by atoms with Crippen LogP contribution in [0.4, 0.5) is 0 Å². The first kappa shape index (κ1) is 16.5. The predicted molar refractivity (Wildman–Crippen MR) is 95.9 cm³/mol. The highest BCUT2D eigenvalue weighted by Gasteiger charge is 2.28. The lowest BCUT2D eigenvalue weighted by molar-refractivity contribution is -0.123. The third-order valence-corrected chi connectivity index (χ3v) is 5.58. The molecule has 0 radical (unpaired) electrons. The molecule has 2 aromatic rings. The SMILES string of the molecule is CC(NC(=O)CN1CCCC1c1cccc(Cl)c1)c1cccs1. The van der Waals surface area contributed by atoms with Crippen molar-refractivity contribution in [1.29, 1.82) is 0 Å². The lowest BCUT2D eigenvalue weighted by Gasteiger charge is -2.25. The first-order valence-electron chi connectivity index (χ1n) is 7.96. The number of nitrogens with one attached hydrogen (secondary N) is 1. The van der Waals surface area contributed by atoms with Gasteiger partial charge in [-0.1, -0.05) is 29.8 Å². The number of thiophene rings is 1. The average molecular weight is 349 g/mol. The van der Waals surface area contributed by atoms with Gasteiger partial charge in [-0.3, -0.25) is 9.69 Å². The molecule has 1 N–H and O–H groups in total. The fourth-order valence-corrected chi connectivity index (χ4v) is 4.12. The van der Waals surface area contributed by atoms with Crippen molar-refractivity contribution < 1.29 is 4.79 Å². The fraction of sp³-hybridized carbons (Fsp3) is 0.389. The van der Waals surface area contributed by atoms with Crippen molar-refractivity contribution in [3.63, 3.8) is 0 Å². The third kappa shape index (κ3) is 4.14. The molecule has 2 unspecified atom stereocenters. The van der Waals surface area contributed by atoms with Crippen molar-refractivity contribution in [3.8, 4) is 0 Å². The highest BCUT2D eigenvalue weighted by Crippen LogP contribution is 2.32. The zero-order valence-electron chi connectivity index (χ0n) is 13.2. The van der Waals surface area contributed by atoms with Crippen LogP contribution in [0, 0.1) is 0 Å². The fourth-order valence-electron chi connectivity index (χ4n) is 3.19. The average Bonchev–Trinajstić information content (AvgIpc) is 3.18. The van der Waals surface area contributed by atoms with E-state index in [0.717, 1.165) is 24.4 Å². The Kier molecular flexibility index (Phi) is 5.36. The van der Waals surface area contributed by atoms with E-state index < -0.39 is 0 Å². The number of benzene rings is 1. The smallest absolute Gasteiger partial charge is 0.234 e. The van der Waals surface area contributed by atoms with Crippen molar-refractivity contribution in [2.75, 3.05) is 13.1 Å². The van der Waals surface area contributed by atoms with Crippen LogP contribution in [0.5, 0.6) is 0 Å².